The van der Waals surface area contributed by atoms with E-state index in [2.05, 4.69) is 6.58 Å². The van der Waals surface area contributed by atoms with Crippen LogP contribution in [0.25, 0.3) is 0 Å². The van der Waals surface area contributed by atoms with Crippen molar-refractivity contribution in [2.24, 2.45) is 0 Å². The number of aliphatic carboxylic acids is 2. The van der Waals surface area contributed by atoms with Crippen LogP contribution in [0.2, 0.25) is 0 Å². The first kappa shape index (κ1) is 14.3. The summed E-state index contributed by atoms with van der Waals surface area (Å²) in [7, 11) is 0. The van der Waals surface area contributed by atoms with Gasteiger partial charge in [0.05, 0.1) is 6.42 Å². The lowest BCUT2D eigenvalue weighted by molar-refractivity contribution is -0.177. The molecule has 0 spiro atoms. The summed E-state index contributed by atoms with van der Waals surface area (Å²) in [6.45, 7) is 5.67. The van der Waals surface area contributed by atoms with Gasteiger partial charge in [0, 0.05) is 0 Å². The first-order valence-corrected chi connectivity index (χ1v) is 4.52. The van der Waals surface area contributed by atoms with Crippen molar-refractivity contribution in [1.82, 2.24) is 0 Å². The molecule has 0 aromatic rings. The number of carboxylic acid groups (broad SMARTS) is 2. The van der Waals surface area contributed by atoms with Crippen molar-refractivity contribution in [2.45, 2.75) is 32.0 Å². The van der Waals surface area contributed by atoms with Crippen LogP contribution in [0, 0.1) is 0 Å². The van der Waals surface area contributed by atoms with Crippen LogP contribution in [0.4, 0.5) is 0 Å². The van der Waals surface area contributed by atoms with Gasteiger partial charge in [-0.3, -0.25) is 9.59 Å². The Kier molecular flexibility index (Phi) is 4.84. The summed E-state index contributed by atoms with van der Waals surface area (Å²) in [4.78, 5) is 32.5. The third kappa shape index (κ3) is 3.82. The molecule has 0 saturated heterocycles. The maximum absolute atomic E-state index is 11.1. The highest BCUT2D eigenvalue weighted by Gasteiger charge is 2.39. The zero-order valence-electron chi connectivity index (χ0n) is 9.10. The first-order valence-electron chi connectivity index (χ1n) is 4.52. The number of rotatable bonds is 7. The van der Waals surface area contributed by atoms with Crippen molar-refractivity contribution in [3.05, 3.63) is 12.7 Å². The monoisotopic (exact) mass is 230 g/mol. The van der Waals surface area contributed by atoms with Gasteiger partial charge >= 0.3 is 11.9 Å². The molecule has 6 heteroatoms. The Labute approximate surface area is 92.5 Å². The molecular weight excluding hydrogens is 216 g/mol. The van der Waals surface area contributed by atoms with Crippen molar-refractivity contribution in [1.29, 1.82) is 0 Å². The van der Waals surface area contributed by atoms with Crippen molar-refractivity contribution >= 4 is 17.7 Å². The van der Waals surface area contributed by atoms with Crippen LogP contribution >= 0.6 is 0 Å². The normalized spacial score (nSPS) is 15.9. The van der Waals surface area contributed by atoms with E-state index in [0.717, 1.165) is 13.0 Å². The Bertz CT molecular complexity index is 321. The average Bonchev–Trinajstić information content (AvgIpc) is 2.14. The van der Waals surface area contributed by atoms with Crippen LogP contribution in [-0.4, -0.2) is 39.6 Å². The molecule has 0 aromatic heterocycles. The standard InChI is InChI=1S/C10H14O6/c1-4-7(11)6(2)16-10(3,9(14)15)5-8(12)13/h4,6H,1,5H2,2-3H3,(H,12,13)(H,14,15). The summed E-state index contributed by atoms with van der Waals surface area (Å²) in [5, 5.41) is 17.4. The van der Waals surface area contributed by atoms with Crippen LogP contribution in [0.15, 0.2) is 12.7 Å². The molecule has 0 radical (unpaired) electrons. The van der Waals surface area contributed by atoms with Gasteiger partial charge < -0.3 is 14.9 Å². The van der Waals surface area contributed by atoms with E-state index in [9.17, 15) is 14.4 Å². The minimum absolute atomic E-state index is 0.502. The van der Waals surface area contributed by atoms with E-state index in [4.69, 9.17) is 14.9 Å². The van der Waals surface area contributed by atoms with Gasteiger partial charge in [-0.25, -0.2) is 4.79 Å². The molecule has 0 saturated carbocycles. The Morgan fingerprint density at radius 1 is 1.44 bits per heavy atom. The van der Waals surface area contributed by atoms with Crippen LogP contribution in [0.1, 0.15) is 20.3 Å². The molecule has 2 atom stereocenters. The second-order valence-corrected chi connectivity index (χ2v) is 3.47. The Hall–Kier alpha value is -1.69. The predicted octanol–water partition coefficient (Wildman–Crippen LogP) is 0.465. The fourth-order valence-electron chi connectivity index (χ4n) is 1.07. The highest BCUT2D eigenvalue weighted by molar-refractivity contribution is 5.93. The zero-order chi connectivity index (χ0) is 12.9. The largest absolute Gasteiger partial charge is 0.481 e. The lowest BCUT2D eigenvalue weighted by Gasteiger charge is -2.26. The molecule has 0 amide bonds. The second-order valence-electron chi connectivity index (χ2n) is 3.47. The molecule has 0 rings (SSSR count). The van der Waals surface area contributed by atoms with E-state index < -0.39 is 35.8 Å². The quantitative estimate of drug-likeness (QED) is 0.616. The summed E-state index contributed by atoms with van der Waals surface area (Å²) in [5.74, 6) is -3.25. The van der Waals surface area contributed by atoms with E-state index in [1.165, 1.54) is 6.92 Å². The highest BCUT2D eigenvalue weighted by atomic mass is 16.5. The minimum Gasteiger partial charge on any atom is -0.481 e. The zero-order valence-corrected chi connectivity index (χ0v) is 9.10. The number of carbonyl (C=O) groups excluding carboxylic acids is 1. The fourth-order valence-corrected chi connectivity index (χ4v) is 1.07. The smallest absolute Gasteiger partial charge is 0.336 e. The maximum Gasteiger partial charge on any atom is 0.336 e. The van der Waals surface area contributed by atoms with Crippen LogP contribution < -0.4 is 0 Å². The van der Waals surface area contributed by atoms with Gasteiger partial charge in [-0.1, -0.05) is 6.58 Å². The fraction of sp³-hybridized carbons (Fsp3) is 0.500. The molecule has 0 aliphatic rings. The molecule has 0 aromatic carbocycles. The average molecular weight is 230 g/mol. The minimum atomic E-state index is -1.93. The molecule has 6 nitrogen and oxygen atoms in total. The Balaban J connectivity index is 4.81. The van der Waals surface area contributed by atoms with Crippen molar-refractivity contribution < 1.29 is 29.3 Å². The lowest BCUT2D eigenvalue weighted by atomic mass is 10.0. The highest BCUT2D eigenvalue weighted by Crippen LogP contribution is 2.19. The molecule has 2 N–H and O–H groups in total. The molecule has 0 aliphatic carbocycles. The van der Waals surface area contributed by atoms with Gasteiger partial charge in [0.15, 0.2) is 11.4 Å². The predicted molar refractivity (Wildman–Crippen MR) is 54.0 cm³/mol. The second kappa shape index (κ2) is 5.41. The van der Waals surface area contributed by atoms with Crippen LogP contribution in [-0.2, 0) is 19.1 Å². The summed E-state index contributed by atoms with van der Waals surface area (Å²) in [6, 6.07) is 0. The summed E-state index contributed by atoms with van der Waals surface area (Å²) in [6.07, 6.45) is -0.775. The van der Waals surface area contributed by atoms with Gasteiger partial charge in [-0.05, 0) is 19.9 Å². The van der Waals surface area contributed by atoms with Gasteiger partial charge in [0.1, 0.15) is 6.10 Å². The SMILES string of the molecule is C=CC(=O)C(C)OC(C)(CC(=O)O)C(=O)O. The molecule has 90 valence electrons. The van der Waals surface area contributed by atoms with Gasteiger partial charge in [-0.15, -0.1) is 0 Å². The molecule has 0 fully saturated rings. The Morgan fingerprint density at radius 2 is 1.94 bits per heavy atom. The molecule has 0 aliphatic heterocycles. The summed E-state index contributed by atoms with van der Waals surface area (Å²) >= 11 is 0. The van der Waals surface area contributed by atoms with E-state index in [-0.39, 0.29) is 0 Å². The Morgan fingerprint density at radius 3 is 2.25 bits per heavy atom. The molecule has 0 bridgehead atoms. The van der Waals surface area contributed by atoms with Gasteiger partial charge in [0.25, 0.3) is 0 Å². The maximum atomic E-state index is 11.1. The van der Waals surface area contributed by atoms with E-state index >= 15 is 0 Å². The van der Waals surface area contributed by atoms with Crippen molar-refractivity contribution in [2.75, 3.05) is 0 Å². The lowest BCUT2D eigenvalue weighted by Crippen LogP contribution is -2.44. The number of carboxylic acids is 2. The van der Waals surface area contributed by atoms with Gasteiger partial charge in [0.2, 0.25) is 0 Å². The number of ether oxygens (including phenoxy) is 1. The first-order chi connectivity index (χ1) is 7.23. The van der Waals surface area contributed by atoms with Crippen molar-refractivity contribution in [3.63, 3.8) is 0 Å². The molecule has 0 heterocycles. The van der Waals surface area contributed by atoms with E-state index in [0.29, 0.717) is 0 Å². The van der Waals surface area contributed by atoms with E-state index in [1.807, 2.05) is 0 Å². The van der Waals surface area contributed by atoms with Crippen LogP contribution in [0.3, 0.4) is 0 Å². The van der Waals surface area contributed by atoms with Crippen LogP contribution in [0.5, 0.6) is 0 Å². The summed E-state index contributed by atoms with van der Waals surface area (Å²) < 4.78 is 4.96. The number of hydrogen-bond acceptors (Lipinski definition) is 4. The summed E-state index contributed by atoms with van der Waals surface area (Å²) in [5.41, 5.74) is -1.93. The third-order valence-electron chi connectivity index (χ3n) is 1.98. The van der Waals surface area contributed by atoms with E-state index in [1.54, 1.807) is 0 Å². The molecule has 16 heavy (non-hydrogen) atoms. The topological polar surface area (TPSA) is 101 Å². The third-order valence-corrected chi connectivity index (χ3v) is 1.98. The molecule has 2 unspecified atom stereocenters. The van der Waals surface area contributed by atoms with Gasteiger partial charge in [-0.2, -0.15) is 0 Å². The number of hydrogen-bond donors (Lipinski definition) is 2. The molecular formula is C10H14O6. The van der Waals surface area contributed by atoms with Crippen molar-refractivity contribution in [3.8, 4) is 0 Å². The number of ketones is 1. The number of carbonyl (C=O) groups is 3.